The van der Waals surface area contributed by atoms with Crippen molar-refractivity contribution in [2.24, 2.45) is 0 Å². The van der Waals surface area contributed by atoms with Crippen molar-refractivity contribution in [3.8, 4) is 0 Å². The Bertz CT molecular complexity index is 519. The lowest BCUT2D eigenvalue weighted by Gasteiger charge is -2.09. The van der Waals surface area contributed by atoms with Gasteiger partial charge in [-0.3, -0.25) is 0 Å². The second-order valence-corrected chi connectivity index (χ2v) is 6.58. The Labute approximate surface area is 103 Å². The number of carbonyl (C=O) groups is 1. The molecule has 96 valence electrons. The summed E-state index contributed by atoms with van der Waals surface area (Å²) in [5.74, 6) is -1.15. The Morgan fingerprint density at radius 2 is 2.18 bits per heavy atom. The van der Waals surface area contributed by atoms with Crippen LogP contribution in [0.4, 0.5) is 0 Å². The zero-order chi connectivity index (χ0) is 13.2. The molecule has 1 atom stereocenters. The molecule has 0 radical (unpaired) electrons. The molecule has 17 heavy (non-hydrogen) atoms. The number of hydrogen-bond donors (Lipinski definition) is 3. The highest BCUT2D eigenvalue weighted by Gasteiger charge is 2.22. The Kier molecular flexibility index (Phi) is 4.26. The monoisotopic (exact) mass is 279 g/mol. The van der Waals surface area contributed by atoms with Gasteiger partial charge < -0.3 is 10.2 Å². The lowest BCUT2D eigenvalue weighted by molar-refractivity contribution is 0.0701. The molecule has 0 fully saturated rings. The zero-order valence-electron chi connectivity index (χ0n) is 9.30. The molecule has 0 aliphatic carbocycles. The number of rotatable bonds is 5. The summed E-state index contributed by atoms with van der Waals surface area (Å²) in [5.41, 5.74) is 0.402. The SMILES string of the molecule is Cc1cc(S(=O)(=O)N[C@@H](C)CO)sc1C(=O)O. The first-order valence-corrected chi connectivity index (χ1v) is 7.05. The van der Waals surface area contributed by atoms with Gasteiger partial charge >= 0.3 is 5.97 Å². The fourth-order valence-electron chi connectivity index (χ4n) is 1.16. The molecule has 0 aliphatic heterocycles. The van der Waals surface area contributed by atoms with Crippen LogP contribution in [0.1, 0.15) is 22.2 Å². The van der Waals surface area contributed by atoms with E-state index in [2.05, 4.69) is 4.72 Å². The van der Waals surface area contributed by atoms with Crippen LogP contribution < -0.4 is 4.72 Å². The van der Waals surface area contributed by atoms with E-state index in [0.717, 1.165) is 0 Å². The fraction of sp³-hybridized carbons (Fsp3) is 0.444. The van der Waals surface area contributed by atoms with Gasteiger partial charge in [0.25, 0.3) is 0 Å². The quantitative estimate of drug-likeness (QED) is 0.724. The van der Waals surface area contributed by atoms with E-state index in [1.165, 1.54) is 19.9 Å². The highest BCUT2D eigenvalue weighted by Crippen LogP contribution is 2.25. The summed E-state index contributed by atoms with van der Waals surface area (Å²) in [7, 11) is -3.76. The Hall–Kier alpha value is -0.960. The summed E-state index contributed by atoms with van der Waals surface area (Å²) in [4.78, 5) is 10.8. The molecule has 3 N–H and O–H groups in total. The minimum atomic E-state index is -3.76. The minimum absolute atomic E-state index is 0.00188. The van der Waals surface area contributed by atoms with Crippen LogP contribution in [-0.2, 0) is 10.0 Å². The zero-order valence-corrected chi connectivity index (χ0v) is 10.9. The Morgan fingerprint density at radius 1 is 1.59 bits per heavy atom. The van der Waals surface area contributed by atoms with Crippen LogP contribution in [0.15, 0.2) is 10.3 Å². The molecule has 1 heterocycles. The second kappa shape index (κ2) is 5.13. The number of aryl methyl sites for hydroxylation is 1. The van der Waals surface area contributed by atoms with E-state index in [1.807, 2.05) is 0 Å². The van der Waals surface area contributed by atoms with Crippen molar-refractivity contribution in [2.75, 3.05) is 6.61 Å². The van der Waals surface area contributed by atoms with Crippen LogP contribution in [0, 0.1) is 6.92 Å². The molecule has 1 rings (SSSR count). The van der Waals surface area contributed by atoms with Gasteiger partial charge in [0.15, 0.2) is 0 Å². The third-order valence-corrected chi connectivity index (χ3v) is 5.27. The lowest BCUT2D eigenvalue weighted by Crippen LogP contribution is -2.34. The summed E-state index contributed by atoms with van der Waals surface area (Å²) >= 11 is 0.695. The van der Waals surface area contributed by atoms with Crippen molar-refractivity contribution in [1.29, 1.82) is 0 Å². The van der Waals surface area contributed by atoms with E-state index in [0.29, 0.717) is 16.9 Å². The molecule has 8 heteroatoms. The maximum atomic E-state index is 11.8. The normalized spacial score (nSPS) is 13.6. The minimum Gasteiger partial charge on any atom is -0.477 e. The smallest absolute Gasteiger partial charge is 0.346 e. The van der Waals surface area contributed by atoms with E-state index < -0.39 is 22.0 Å². The van der Waals surface area contributed by atoms with Gasteiger partial charge in [0, 0.05) is 6.04 Å². The topological polar surface area (TPSA) is 104 Å². The number of hydrogen-bond acceptors (Lipinski definition) is 5. The molecule has 0 saturated carbocycles. The summed E-state index contributed by atoms with van der Waals surface area (Å²) in [6.07, 6.45) is 0. The van der Waals surface area contributed by atoms with Crippen LogP contribution in [0.25, 0.3) is 0 Å². The first kappa shape index (κ1) is 14.1. The van der Waals surface area contributed by atoms with Crippen molar-refractivity contribution >= 4 is 27.3 Å². The van der Waals surface area contributed by atoms with Gasteiger partial charge in [-0.2, -0.15) is 0 Å². The van der Waals surface area contributed by atoms with Gasteiger partial charge in [-0.05, 0) is 25.5 Å². The molecule has 0 aromatic carbocycles. The van der Waals surface area contributed by atoms with Crippen LogP contribution in [0.5, 0.6) is 0 Å². The number of sulfonamides is 1. The molecular weight excluding hydrogens is 266 g/mol. The van der Waals surface area contributed by atoms with E-state index in [1.54, 1.807) is 0 Å². The van der Waals surface area contributed by atoms with Crippen LogP contribution >= 0.6 is 11.3 Å². The van der Waals surface area contributed by atoms with Crippen LogP contribution in [0.2, 0.25) is 0 Å². The predicted molar refractivity (Wildman–Crippen MR) is 62.9 cm³/mol. The van der Waals surface area contributed by atoms with Crippen molar-refractivity contribution < 1.29 is 23.4 Å². The first-order chi connectivity index (χ1) is 7.77. The molecular formula is C9H13NO5S2. The van der Waals surface area contributed by atoms with Crippen LogP contribution in [0.3, 0.4) is 0 Å². The highest BCUT2D eigenvalue weighted by atomic mass is 32.2. The predicted octanol–water partition coefficient (Wildman–Crippen LogP) is 0.414. The number of aliphatic hydroxyl groups excluding tert-OH is 1. The first-order valence-electron chi connectivity index (χ1n) is 4.75. The Morgan fingerprint density at radius 3 is 2.59 bits per heavy atom. The summed E-state index contributed by atoms with van der Waals surface area (Å²) in [5, 5.41) is 17.6. The molecule has 0 unspecified atom stereocenters. The molecule has 0 amide bonds. The molecule has 0 spiro atoms. The Balaban J connectivity index is 3.08. The number of carboxylic acids is 1. The number of thiophene rings is 1. The van der Waals surface area contributed by atoms with Gasteiger partial charge in [-0.25, -0.2) is 17.9 Å². The molecule has 0 saturated heterocycles. The average molecular weight is 279 g/mol. The summed E-state index contributed by atoms with van der Waals surface area (Å²) < 4.78 is 25.7. The summed E-state index contributed by atoms with van der Waals surface area (Å²) in [6, 6.07) is 0.691. The van der Waals surface area contributed by atoms with Crippen molar-refractivity contribution in [1.82, 2.24) is 4.72 Å². The van der Waals surface area contributed by atoms with Crippen LogP contribution in [-0.4, -0.2) is 37.2 Å². The van der Waals surface area contributed by atoms with Crippen molar-refractivity contribution in [3.05, 3.63) is 16.5 Å². The van der Waals surface area contributed by atoms with Gasteiger partial charge in [-0.1, -0.05) is 0 Å². The number of nitrogens with one attached hydrogen (secondary N) is 1. The number of carboxylic acid groups (broad SMARTS) is 1. The molecule has 1 aromatic rings. The third-order valence-electron chi connectivity index (χ3n) is 1.98. The number of aromatic carboxylic acids is 1. The third kappa shape index (κ3) is 3.25. The summed E-state index contributed by atoms with van der Waals surface area (Å²) in [6.45, 7) is 2.72. The molecule has 0 bridgehead atoms. The van der Waals surface area contributed by atoms with Gasteiger partial charge in [0.1, 0.15) is 9.09 Å². The van der Waals surface area contributed by atoms with E-state index in [9.17, 15) is 13.2 Å². The highest BCUT2D eigenvalue weighted by molar-refractivity contribution is 7.91. The number of aliphatic hydroxyl groups is 1. The van der Waals surface area contributed by atoms with Gasteiger partial charge in [-0.15, -0.1) is 11.3 Å². The molecule has 1 aromatic heterocycles. The molecule has 6 nitrogen and oxygen atoms in total. The van der Waals surface area contributed by atoms with E-state index in [-0.39, 0.29) is 15.7 Å². The molecule has 0 aliphatic rings. The fourth-order valence-corrected chi connectivity index (χ4v) is 3.79. The maximum Gasteiger partial charge on any atom is 0.346 e. The van der Waals surface area contributed by atoms with E-state index in [4.69, 9.17) is 10.2 Å². The van der Waals surface area contributed by atoms with Crippen molar-refractivity contribution in [3.63, 3.8) is 0 Å². The second-order valence-electron chi connectivity index (χ2n) is 3.59. The lowest BCUT2D eigenvalue weighted by atomic mass is 10.3. The van der Waals surface area contributed by atoms with Crippen molar-refractivity contribution in [2.45, 2.75) is 24.1 Å². The standard InChI is InChI=1S/C9H13NO5S2/c1-5-3-7(16-8(5)9(12)13)17(14,15)10-6(2)4-11/h3,6,10-11H,4H2,1-2H3,(H,12,13)/t6-/m0/s1. The average Bonchev–Trinajstić information content (AvgIpc) is 2.60. The van der Waals surface area contributed by atoms with Gasteiger partial charge in [0.2, 0.25) is 10.0 Å². The van der Waals surface area contributed by atoms with Gasteiger partial charge in [0.05, 0.1) is 6.61 Å². The largest absolute Gasteiger partial charge is 0.477 e. The maximum absolute atomic E-state index is 11.8. The van der Waals surface area contributed by atoms with E-state index >= 15 is 0 Å².